The molecule has 106 valence electrons. The summed E-state index contributed by atoms with van der Waals surface area (Å²) in [7, 11) is 0. The van der Waals surface area contributed by atoms with Gasteiger partial charge in [-0.05, 0) is 17.9 Å². The smallest absolute Gasteiger partial charge is 0.343 e. The summed E-state index contributed by atoms with van der Waals surface area (Å²) in [5.74, 6) is 6.28. The van der Waals surface area contributed by atoms with Crippen LogP contribution in [0.4, 0.5) is 0 Å². The number of aromatic amines is 1. The zero-order valence-corrected chi connectivity index (χ0v) is 12.7. The number of aromatic nitrogens is 3. The molecule has 0 atom stereocenters. The largest absolute Gasteiger partial charge is 0.384 e. The first-order valence-corrected chi connectivity index (χ1v) is 8.07. The molecule has 2 rings (SSSR count). The summed E-state index contributed by atoms with van der Waals surface area (Å²) < 4.78 is 1.65. The molecule has 2 N–H and O–H groups in total. The van der Waals surface area contributed by atoms with Gasteiger partial charge >= 0.3 is 5.69 Å². The van der Waals surface area contributed by atoms with Crippen molar-refractivity contribution in [2.24, 2.45) is 0 Å². The monoisotopic (exact) mass is 309 g/mol. The van der Waals surface area contributed by atoms with Crippen LogP contribution in [-0.4, -0.2) is 26.5 Å². The van der Waals surface area contributed by atoms with Gasteiger partial charge in [0.15, 0.2) is 5.16 Å². The van der Waals surface area contributed by atoms with Gasteiger partial charge in [0.2, 0.25) is 0 Å². The third-order valence-electron chi connectivity index (χ3n) is 2.55. The van der Waals surface area contributed by atoms with E-state index in [0.29, 0.717) is 17.5 Å². The van der Waals surface area contributed by atoms with Gasteiger partial charge in [-0.2, -0.15) is 0 Å². The van der Waals surface area contributed by atoms with E-state index in [2.05, 4.69) is 22.0 Å². The van der Waals surface area contributed by atoms with Crippen LogP contribution in [0.2, 0.25) is 0 Å². The fraction of sp³-hybridized carbons (Fsp3) is 0.385. The molecule has 5 nitrogen and oxygen atoms in total. The summed E-state index contributed by atoms with van der Waals surface area (Å²) in [5.41, 5.74) is 0.761. The Kier molecular flexibility index (Phi) is 5.47. The first kappa shape index (κ1) is 14.9. The van der Waals surface area contributed by atoms with Crippen LogP contribution in [0.1, 0.15) is 23.8 Å². The van der Waals surface area contributed by atoms with Crippen LogP contribution in [0.3, 0.4) is 0 Å². The van der Waals surface area contributed by atoms with Crippen molar-refractivity contribution < 1.29 is 5.11 Å². The van der Waals surface area contributed by atoms with Crippen LogP contribution >= 0.6 is 23.1 Å². The number of nitrogens with one attached hydrogen (secondary N) is 1. The van der Waals surface area contributed by atoms with Crippen molar-refractivity contribution in [1.82, 2.24) is 14.8 Å². The maximum atomic E-state index is 11.6. The molecule has 0 aromatic carbocycles. The molecule has 7 heteroatoms. The van der Waals surface area contributed by atoms with Crippen molar-refractivity contribution in [2.45, 2.75) is 30.8 Å². The molecule has 0 fully saturated rings. The molecule has 2 heterocycles. The van der Waals surface area contributed by atoms with Crippen molar-refractivity contribution in [3.8, 4) is 11.8 Å². The molecular formula is C13H15N3O2S2. The molecule has 0 radical (unpaired) electrons. The van der Waals surface area contributed by atoms with Gasteiger partial charge in [-0.1, -0.05) is 30.5 Å². The lowest BCUT2D eigenvalue weighted by atomic mass is 10.3. The Bertz CT molecular complexity index is 676. The first-order chi connectivity index (χ1) is 9.76. The summed E-state index contributed by atoms with van der Waals surface area (Å²) in [4.78, 5) is 12.7. The molecule has 0 amide bonds. The molecule has 0 unspecified atom stereocenters. The molecule has 0 aliphatic carbocycles. The Hall–Kier alpha value is -1.49. The number of hydrogen-bond donors (Lipinski definition) is 2. The van der Waals surface area contributed by atoms with Crippen molar-refractivity contribution in [2.75, 3.05) is 6.61 Å². The van der Waals surface area contributed by atoms with E-state index in [9.17, 15) is 4.79 Å². The lowest BCUT2D eigenvalue weighted by Crippen LogP contribution is -2.17. The highest BCUT2D eigenvalue weighted by Crippen LogP contribution is 2.25. The third kappa shape index (κ3) is 3.54. The van der Waals surface area contributed by atoms with E-state index < -0.39 is 0 Å². The van der Waals surface area contributed by atoms with Crippen molar-refractivity contribution >= 4 is 23.1 Å². The quantitative estimate of drug-likeness (QED) is 0.651. The van der Waals surface area contributed by atoms with Crippen molar-refractivity contribution in [1.29, 1.82) is 0 Å². The van der Waals surface area contributed by atoms with Crippen molar-refractivity contribution in [3.63, 3.8) is 0 Å². The highest BCUT2D eigenvalue weighted by molar-refractivity contribution is 7.98. The molecule has 0 aliphatic rings. The highest BCUT2D eigenvalue weighted by Gasteiger charge is 2.10. The Morgan fingerprint density at radius 3 is 3.20 bits per heavy atom. The van der Waals surface area contributed by atoms with Gasteiger partial charge in [0.1, 0.15) is 6.61 Å². The van der Waals surface area contributed by atoms with E-state index in [1.165, 1.54) is 11.8 Å². The molecule has 20 heavy (non-hydrogen) atoms. The van der Waals surface area contributed by atoms with Crippen LogP contribution in [0, 0.1) is 11.8 Å². The summed E-state index contributed by atoms with van der Waals surface area (Å²) in [6.45, 7) is 2.55. The van der Waals surface area contributed by atoms with Gasteiger partial charge in [0, 0.05) is 22.7 Å². The number of thiophene rings is 1. The van der Waals surface area contributed by atoms with Crippen LogP contribution in [0.25, 0.3) is 0 Å². The molecule has 0 saturated carbocycles. The van der Waals surface area contributed by atoms with E-state index in [1.54, 1.807) is 15.9 Å². The molecular weight excluding hydrogens is 294 g/mol. The Morgan fingerprint density at radius 1 is 1.60 bits per heavy atom. The Balaban J connectivity index is 2.09. The molecule has 2 aromatic rings. The lowest BCUT2D eigenvalue weighted by molar-refractivity contribution is 0.350. The first-order valence-electron chi connectivity index (χ1n) is 6.20. The summed E-state index contributed by atoms with van der Waals surface area (Å²) >= 11 is 3.13. The second-order valence-electron chi connectivity index (χ2n) is 3.97. The van der Waals surface area contributed by atoms with Gasteiger partial charge in [0.05, 0.1) is 0 Å². The van der Waals surface area contributed by atoms with E-state index in [4.69, 9.17) is 5.11 Å². The van der Waals surface area contributed by atoms with Gasteiger partial charge in [0.25, 0.3) is 0 Å². The van der Waals surface area contributed by atoms with Crippen molar-refractivity contribution in [3.05, 3.63) is 32.4 Å². The minimum absolute atomic E-state index is 0.141. The van der Waals surface area contributed by atoms with Gasteiger partial charge < -0.3 is 5.11 Å². The van der Waals surface area contributed by atoms with E-state index >= 15 is 0 Å². The maximum Gasteiger partial charge on any atom is 0.343 e. The number of rotatable bonds is 5. The number of aliphatic hydroxyl groups excluding tert-OH is 1. The van der Waals surface area contributed by atoms with Gasteiger partial charge in [-0.15, -0.1) is 16.4 Å². The lowest BCUT2D eigenvalue weighted by Gasteiger charge is -2.02. The normalized spacial score (nSPS) is 10.3. The van der Waals surface area contributed by atoms with Gasteiger partial charge in [-0.25, -0.2) is 9.89 Å². The van der Waals surface area contributed by atoms with Crippen LogP contribution in [-0.2, 0) is 12.3 Å². The number of H-pyrrole nitrogens is 1. The summed E-state index contributed by atoms with van der Waals surface area (Å²) in [6.07, 6.45) is 0.888. The van der Waals surface area contributed by atoms with E-state index in [0.717, 1.165) is 16.9 Å². The SMILES string of the molecule is CCCn1c(SCc2sccc2C#CCO)n[nH]c1=O. The topological polar surface area (TPSA) is 70.9 Å². The zero-order valence-electron chi connectivity index (χ0n) is 11.0. The Labute approximate surface area is 125 Å². The minimum atomic E-state index is -0.166. The van der Waals surface area contributed by atoms with Gasteiger partial charge in [-0.3, -0.25) is 4.57 Å². The summed E-state index contributed by atoms with van der Waals surface area (Å²) in [6, 6.07) is 1.94. The molecule has 0 spiro atoms. The predicted octanol–water partition coefficient (Wildman–Crippen LogP) is 1.68. The molecule has 0 aliphatic heterocycles. The molecule has 0 saturated heterocycles. The van der Waals surface area contributed by atoms with E-state index in [-0.39, 0.29) is 12.3 Å². The number of nitrogens with zero attached hydrogens (tertiary/aromatic N) is 2. The number of thioether (sulfide) groups is 1. The van der Waals surface area contributed by atoms with Crippen LogP contribution in [0.15, 0.2) is 21.4 Å². The average Bonchev–Trinajstić information content (AvgIpc) is 3.03. The van der Waals surface area contributed by atoms with Crippen LogP contribution < -0.4 is 5.69 Å². The van der Waals surface area contributed by atoms with Crippen LogP contribution in [0.5, 0.6) is 0 Å². The second-order valence-corrected chi connectivity index (χ2v) is 5.91. The zero-order chi connectivity index (χ0) is 14.4. The standard InChI is InChI=1S/C13H15N3O2S2/c1-2-6-16-12(18)14-15-13(16)20-9-11-10(4-3-7-17)5-8-19-11/h5,8,17H,2,6-7,9H2,1H3,(H,14,18). The average molecular weight is 309 g/mol. The Morgan fingerprint density at radius 2 is 2.45 bits per heavy atom. The predicted molar refractivity (Wildman–Crippen MR) is 81.0 cm³/mol. The van der Waals surface area contributed by atoms with E-state index in [1.807, 2.05) is 18.4 Å². The minimum Gasteiger partial charge on any atom is -0.384 e. The summed E-state index contributed by atoms with van der Waals surface area (Å²) in [5, 5.41) is 17.9. The fourth-order valence-corrected chi connectivity index (χ4v) is 3.58. The highest BCUT2D eigenvalue weighted by atomic mass is 32.2. The number of hydrogen-bond acceptors (Lipinski definition) is 5. The third-order valence-corrected chi connectivity index (χ3v) is 4.66. The number of aliphatic hydroxyl groups is 1. The maximum absolute atomic E-state index is 11.6. The second kappa shape index (κ2) is 7.33. The molecule has 2 aromatic heterocycles. The molecule has 0 bridgehead atoms. The fourth-order valence-electron chi connectivity index (χ4n) is 1.66.